The maximum Gasteiger partial charge on any atom is 0.333 e. The van der Waals surface area contributed by atoms with Gasteiger partial charge >= 0.3 is 5.97 Å². The fraction of sp³-hybridized carbons (Fsp3) is 0.531. The van der Waals surface area contributed by atoms with Crippen molar-refractivity contribution in [1.82, 2.24) is 0 Å². The number of ether oxygens (including phenoxy) is 1. The molecule has 4 heteroatoms. The van der Waals surface area contributed by atoms with E-state index in [1.807, 2.05) is 13.0 Å². The lowest BCUT2D eigenvalue weighted by Gasteiger charge is -2.46. The predicted octanol–water partition coefficient (Wildman–Crippen LogP) is 7.29. The van der Waals surface area contributed by atoms with Crippen LogP contribution in [0.5, 0.6) is 0 Å². The second-order valence-corrected chi connectivity index (χ2v) is 15.4. The predicted molar refractivity (Wildman–Crippen MR) is 155 cm³/mol. The zero-order valence-electron chi connectivity index (χ0n) is 23.8. The molecule has 0 aliphatic heterocycles. The van der Waals surface area contributed by atoms with Crippen LogP contribution in [0.4, 0.5) is 0 Å². The minimum Gasteiger partial charge on any atom is -0.466 e. The Hall–Kier alpha value is -2.17. The molecular formula is C32H48O3Si. The second-order valence-electron chi connectivity index (χ2n) is 11.2. The van der Waals surface area contributed by atoms with E-state index in [2.05, 4.69) is 102 Å². The third-order valence-corrected chi connectivity index (χ3v) is 12.6. The van der Waals surface area contributed by atoms with Gasteiger partial charge in [0, 0.05) is 11.7 Å². The quantitative estimate of drug-likeness (QED) is 0.162. The lowest BCUT2D eigenvalue weighted by Crippen LogP contribution is -2.68. The molecule has 0 aromatic heterocycles. The third-order valence-electron chi connectivity index (χ3n) is 7.57. The Morgan fingerprint density at radius 3 is 1.89 bits per heavy atom. The maximum absolute atomic E-state index is 11.9. The summed E-state index contributed by atoms with van der Waals surface area (Å²) < 4.78 is 12.5. The molecule has 2 aromatic rings. The lowest BCUT2D eigenvalue weighted by atomic mass is 9.85. The number of carbonyl (C=O) groups is 1. The Morgan fingerprint density at radius 1 is 0.944 bits per heavy atom. The number of hydrogen-bond acceptors (Lipinski definition) is 3. The van der Waals surface area contributed by atoms with Crippen molar-refractivity contribution in [3.63, 3.8) is 0 Å². The van der Waals surface area contributed by atoms with Gasteiger partial charge in [-0.2, -0.15) is 0 Å². The van der Waals surface area contributed by atoms with E-state index in [-0.39, 0.29) is 17.1 Å². The molecule has 0 amide bonds. The van der Waals surface area contributed by atoms with Gasteiger partial charge in [-0.05, 0) is 59.9 Å². The van der Waals surface area contributed by atoms with E-state index in [0.29, 0.717) is 17.4 Å². The average molecular weight is 509 g/mol. The van der Waals surface area contributed by atoms with Gasteiger partial charge in [-0.1, -0.05) is 115 Å². The van der Waals surface area contributed by atoms with Crippen LogP contribution in [0.2, 0.25) is 5.04 Å². The fourth-order valence-corrected chi connectivity index (χ4v) is 10.2. The maximum atomic E-state index is 11.9. The highest BCUT2D eigenvalue weighted by atomic mass is 28.4. The number of methoxy groups -OCH3 is 1. The number of esters is 1. The van der Waals surface area contributed by atoms with Gasteiger partial charge in [0.25, 0.3) is 8.32 Å². The Labute approximate surface area is 221 Å². The van der Waals surface area contributed by atoms with Crippen LogP contribution >= 0.6 is 0 Å². The van der Waals surface area contributed by atoms with E-state index in [4.69, 9.17) is 9.16 Å². The number of hydrogen-bond donors (Lipinski definition) is 0. The molecule has 0 saturated carbocycles. The van der Waals surface area contributed by atoms with Crippen LogP contribution in [-0.2, 0) is 14.0 Å². The first kappa shape index (κ1) is 30.1. The third kappa shape index (κ3) is 7.42. The van der Waals surface area contributed by atoms with Crippen molar-refractivity contribution < 1.29 is 14.0 Å². The minimum atomic E-state index is -2.63. The van der Waals surface area contributed by atoms with Crippen LogP contribution in [0.1, 0.15) is 80.6 Å². The van der Waals surface area contributed by atoms with E-state index >= 15 is 0 Å². The van der Waals surface area contributed by atoms with E-state index in [1.165, 1.54) is 17.5 Å². The normalized spacial score (nSPS) is 15.3. The molecule has 36 heavy (non-hydrogen) atoms. The van der Waals surface area contributed by atoms with Crippen LogP contribution < -0.4 is 10.4 Å². The largest absolute Gasteiger partial charge is 0.466 e. The molecule has 198 valence electrons. The smallest absolute Gasteiger partial charge is 0.333 e. The van der Waals surface area contributed by atoms with Gasteiger partial charge in [0.2, 0.25) is 0 Å². The number of allylic oxidation sites excluding steroid dienone is 1. The monoisotopic (exact) mass is 508 g/mol. The van der Waals surface area contributed by atoms with Gasteiger partial charge in [0.1, 0.15) is 0 Å². The van der Waals surface area contributed by atoms with Crippen molar-refractivity contribution in [1.29, 1.82) is 0 Å². The molecule has 0 N–H and O–H groups in total. The molecule has 0 spiro atoms. The molecule has 0 bridgehead atoms. The molecule has 0 aliphatic rings. The summed E-state index contributed by atoms with van der Waals surface area (Å²) in [6.45, 7) is 15.8. The molecule has 3 atom stereocenters. The van der Waals surface area contributed by atoms with Crippen LogP contribution in [0.25, 0.3) is 0 Å². The molecule has 2 aromatic carbocycles. The summed E-state index contributed by atoms with van der Waals surface area (Å²) >= 11 is 0. The SMILES string of the molecule is CC[C@H](C)C[C@@H](CC/C=C(\C)C(=O)OC)[C@@H](CC)O[Si](c1ccccc1)(c1ccccc1)C(C)(C)C. The Balaban J connectivity index is 2.54. The first-order chi connectivity index (χ1) is 17.1. The number of rotatable bonds is 13. The summed E-state index contributed by atoms with van der Waals surface area (Å²) in [6.07, 6.45) is 7.26. The molecule has 0 aliphatic carbocycles. The first-order valence-corrected chi connectivity index (χ1v) is 15.5. The van der Waals surface area contributed by atoms with Crippen molar-refractivity contribution >= 4 is 24.7 Å². The Morgan fingerprint density at radius 2 is 1.47 bits per heavy atom. The van der Waals surface area contributed by atoms with Crippen molar-refractivity contribution in [3.8, 4) is 0 Å². The van der Waals surface area contributed by atoms with Crippen molar-refractivity contribution in [2.75, 3.05) is 7.11 Å². The lowest BCUT2D eigenvalue weighted by molar-refractivity contribution is -0.136. The summed E-state index contributed by atoms with van der Waals surface area (Å²) in [6, 6.07) is 21.8. The summed E-state index contributed by atoms with van der Waals surface area (Å²) in [5, 5.41) is 2.60. The Kier molecular flexibility index (Phi) is 11.6. The van der Waals surface area contributed by atoms with Crippen molar-refractivity contribution in [2.24, 2.45) is 11.8 Å². The first-order valence-electron chi connectivity index (χ1n) is 13.6. The molecule has 3 nitrogen and oxygen atoms in total. The highest BCUT2D eigenvalue weighted by Gasteiger charge is 2.51. The van der Waals surface area contributed by atoms with E-state index in [9.17, 15) is 4.79 Å². The van der Waals surface area contributed by atoms with E-state index in [0.717, 1.165) is 32.1 Å². The fourth-order valence-electron chi connectivity index (χ4n) is 5.33. The van der Waals surface area contributed by atoms with Gasteiger partial charge in [-0.3, -0.25) is 0 Å². The summed E-state index contributed by atoms with van der Waals surface area (Å²) in [7, 11) is -1.19. The molecule has 0 radical (unpaired) electrons. The molecule has 0 saturated heterocycles. The van der Waals surface area contributed by atoms with Crippen molar-refractivity contribution in [2.45, 2.75) is 91.7 Å². The Bertz CT molecular complexity index is 907. The number of benzene rings is 2. The molecule has 2 rings (SSSR count). The van der Waals surface area contributed by atoms with Gasteiger partial charge in [0.15, 0.2) is 0 Å². The van der Waals surface area contributed by atoms with Crippen LogP contribution in [0.15, 0.2) is 72.3 Å². The van der Waals surface area contributed by atoms with Gasteiger partial charge in [0.05, 0.1) is 7.11 Å². The van der Waals surface area contributed by atoms with E-state index in [1.54, 1.807) is 0 Å². The van der Waals surface area contributed by atoms with Crippen LogP contribution in [-0.4, -0.2) is 27.5 Å². The zero-order chi connectivity index (χ0) is 26.8. The second kappa shape index (κ2) is 13.9. The van der Waals surface area contributed by atoms with Gasteiger partial charge in [-0.15, -0.1) is 0 Å². The zero-order valence-corrected chi connectivity index (χ0v) is 24.8. The number of carbonyl (C=O) groups excluding carboxylic acids is 1. The van der Waals surface area contributed by atoms with Crippen LogP contribution in [0, 0.1) is 11.8 Å². The summed E-state index contributed by atoms with van der Waals surface area (Å²) in [5.41, 5.74) is 0.681. The standard InChI is InChI=1S/C32H48O3Si/c1-9-25(3)24-27(19-17-18-26(4)31(33)34-8)30(10-2)35-36(32(5,6)7,28-20-13-11-14-21-28)29-22-15-12-16-23-29/h11-16,18,20-23,25,27,30H,9-10,17,19,24H2,1-8H3/b26-18+/t25-,27+,30+/m0/s1. The molecule has 0 fully saturated rings. The average Bonchev–Trinajstić information content (AvgIpc) is 2.88. The highest BCUT2D eigenvalue weighted by molar-refractivity contribution is 6.99. The topological polar surface area (TPSA) is 35.5 Å². The van der Waals surface area contributed by atoms with Gasteiger partial charge in [-0.25, -0.2) is 4.79 Å². The van der Waals surface area contributed by atoms with Crippen LogP contribution in [0.3, 0.4) is 0 Å². The molecule has 0 heterocycles. The summed E-state index contributed by atoms with van der Waals surface area (Å²) in [5.74, 6) is 0.787. The summed E-state index contributed by atoms with van der Waals surface area (Å²) in [4.78, 5) is 11.9. The van der Waals surface area contributed by atoms with Crippen molar-refractivity contribution in [3.05, 3.63) is 72.3 Å². The highest BCUT2D eigenvalue weighted by Crippen LogP contribution is 2.40. The van der Waals surface area contributed by atoms with E-state index < -0.39 is 8.32 Å². The molecule has 0 unspecified atom stereocenters. The van der Waals surface area contributed by atoms with Gasteiger partial charge < -0.3 is 9.16 Å². The minimum absolute atomic E-state index is 0.0502. The molecular weight excluding hydrogens is 460 g/mol.